The highest BCUT2D eigenvalue weighted by Gasteiger charge is 2.35. The molecule has 0 bridgehead atoms. The van der Waals surface area contributed by atoms with E-state index >= 15 is 0 Å². The number of anilines is 1. The molecule has 26 heavy (non-hydrogen) atoms. The van der Waals surface area contributed by atoms with Crippen molar-refractivity contribution in [2.75, 3.05) is 44.7 Å². The molecule has 3 fully saturated rings. The van der Waals surface area contributed by atoms with E-state index in [1.807, 2.05) is 0 Å². The number of hydrogen-bond donors (Lipinski definition) is 2. The second-order valence-electron chi connectivity index (χ2n) is 7.30. The lowest BCUT2D eigenvalue weighted by atomic mass is 10.1. The smallest absolute Gasteiger partial charge is 0.329 e. The molecule has 3 heterocycles. The van der Waals surface area contributed by atoms with Crippen LogP contribution in [0.15, 0.2) is 24.3 Å². The summed E-state index contributed by atoms with van der Waals surface area (Å²) in [6, 6.07) is 7.03. The number of rotatable bonds is 3. The molecule has 0 radical (unpaired) electrons. The Morgan fingerprint density at radius 3 is 2.62 bits per heavy atom. The van der Waals surface area contributed by atoms with Gasteiger partial charge in [0.25, 0.3) is 5.91 Å². The average Bonchev–Trinajstić information content (AvgIpc) is 3.16. The molecule has 3 aliphatic rings. The lowest BCUT2D eigenvalue weighted by molar-refractivity contribution is -0.117. The maximum absolute atomic E-state index is 12.5. The van der Waals surface area contributed by atoms with E-state index in [1.165, 1.54) is 4.90 Å². The number of benzene rings is 1. The molecule has 2 atom stereocenters. The molecule has 4 rings (SSSR count). The molecule has 3 aliphatic heterocycles. The molecule has 3 saturated heterocycles. The highest BCUT2D eigenvalue weighted by molar-refractivity contribution is 6.12. The molecule has 8 heteroatoms. The molecular formula is C18H23N5O3. The predicted molar refractivity (Wildman–Crippen MR) is 96.1 cm³/mol. The van der Waals surface area contributed by atoms with Crippen molar-refractivity contribution < 1.29 is 14.4 Å². The Kier molecular flexibility index (Phi) is 4.37. The SMILES string of the molecule is CN1CCN2C[C@@H](NC(=O)c3ccc(N4CC(=O)NC4=O)cc3)C[C@H]2C1. The maximum Gasteiger partial charge on any atom is 0.329 e. The maximum atomic E-state index is 12.5. The molecule has 1 aromatic carbocycles. The van der Waals surface area contributed by atoms with Crippen molar-refractivity contribution in [2.24, 2.45) is 0 Å². The second-order valence-corrected chi connectivity index (χ2v) is 7.30. The summed E-state index contributed by atoms with van der Waals surface area (Å²) in [6.07, 6.45) is 0.976. The summed E-state index contributed by atoms with van der Waals surface area (Å²) in [6.45, 7) is 4.10. The summed E-state index contributed by atoms with van der Waals surface area (Å²) in [7, 11) is 2.14. The first-order chi connectivity index (χ1) is 12.5. The van der Waals surface area contributed by atoms with Crippen LogP contribution in [-0.2, 0) is 4.79 Å². The van der Waals surface area contributed by atoms with Crippen molar-refractivity contribution in [1.82, 2.24) is 20.4 Å². The first-order valence-corrected chi connectivity index (χ1v) is 8.94. The van der Waals surface area contributed by atoms with Gasteiger partial charge in [-0.15, -0.1) is 0 Å². The Bertz CT molecular complexity index is 735. The second kappa shape index (κ2) is 6.69. The van der Waals surface area contributed by atoms with Gasteiger partial charge in [-0.25, -0.2) is 4.79 Å². The number of carbonyl (C=O) groups is 3. The summed E-state index contributed by atoms with van der Waals surface area (Å²) < 4.78 is 0. The van der Waals surface area contributed by atoms with E-state index in [2.05, 4.69) is 27.5 Å². The number of amides is 4. The number of likely N-dealkylation sites (N-methyl/N-ethyl adjacent to an activating group) is 1. The number of piperazine rings is 1. The molecule has 138 valence electrons. The highest BCUT2D eigenvalue weighted by atomic mass is 16.2. The van der Waals surface area contributed by atoms with Crippen LogP contribution in [0.1, 0.15) is 16.8 Å². The van der Waals surface area contributed by atoms with E-state index in [1.54, 1.807) is 24.3 Å². The van der Waals surface area contributed by atoms with Gasteiger partial charge in [0, 0.05) is 49.5 Å². The van der Waals surface area contributed by atoms with Crippen LogP contribution in [-0.4, -0.2) is 79.5 Å². The van der Waals surface area contributed by atoms with E-state index in [-0.39, 0.29) is 24.4 Å². The molecule has 8 nitrogen and oxygen atoms in total. The van der Waals surface area contributed by atoms with E-state index in [4.69, 9.17) is 0 Å². The summed E-state index contributed by atoms with van der Waals surface area (Å²) in [5.74, 6) is -0.420. The van der Waals surface area contributed by atoms with Crippen LogP contribution >= 0.6 is 0 Å². The van der Waals surface area contributed by atoms with Crippen LogP contribution in [0.5, 0.6) is 0 Å². The van der Waals surface area contributed by atoms with Gasteiger partial charge in [0.2, 0.25) is 5.91 Å². The molecule has 0 saturated carbocycles. The van der Waals surface area contributed by atoms with Gasteiger partial charge in [-0.3, -0.25) is 24.7 Å². The zero-order valence-corrected chi connectivity index (χ0v) is 14.8. The Balaban J connectivity index is 1.37. The molecule has 0 aliphatic carbocycles. The van der Waals surface area contributed by atoms with E-state index in [0.717, 1.165) is 32.6 Å². The number of hydrogen-bond acceptors (Lipinski definition) is 5. The fourth-order valence-electron chi connectivity index (χ4n) is 4.01. The number of urea groups is 1. The quantitative estimate of drug-likeness (QED) is 0.736. The normalized spacial score (nSPS) is 26.7. The van der Waals surface area contributed by atoms with Crippen LogP contribution < -0.4 is 15.5 Å². The Hall–Kier alpha value is -2.45. The third-order valence-corrected chi connectivity index (χ3v) is 5.39. The van der Waals surface area contributed by atoms with Crippen molar-refractivity contribution in [3.05, 3.63) is 29.8 Å². The van der Waals surface area contributed by atoms with Crippen LogP contribution in [0.4, 0.5) is 10.5 Å². The first-order valence-electron chi connectivity index (χ1n) is 8.94. The van der Waals surface area contributed by atoms with E-state index in [9.17, 15) is 14.4 Å². The van der Waals surface area contributed by atoms with Crippen molar-refractivity contribution in [3.63, 3.8) is 0 Å². The summed E-state index contributed by atoms with van der Waals surface area (Å²) >= 11 is 0. The van der Waals surface area contributed by atoms with Crippen molar-refractivity contribution >= 4 is 23.5 Å². The number of fused-ring (bicyclic) bond motifs is 1. The Morgan fingerprint density at radius 2 is 1.92 bits per heavy atom. The van der Waals surface area contributed by atoms with Crippen LogP contribution in [0.2, 0.25) is 0 Å². The molecule has 4 amide bonds. The van der Waals surface area contributed by atoms with Crippen LogP contribution in [0, 0.1) is 0 Å². The van der Waals surface area contributed by atoms with E-state index < -0.39 is 6.03 Å². The van der Waals surface area contributed by atoms with E-state index in [0.29, 0.717) is 17.3 Å². The standard InChI is InChI=1S/C18H23N5O3/c1-21-6-7-22-9-13(8-15(22)10-21)19-17(25)12-2-4-14(5-3-12)23-11-16(24)20-18(23)26/h2-5,13,15H,6-11H2,1H3,(H,19,25)(H,20,24,26)/t13-,15-/m0/s1. The third-order valence-electron chi connectivity index (χ3n) is 5.39. The largest absolute Gasteiger partial charge is 0.348 e. The van der Waals surface area contributed by atoms with Crippen LogP contribution in [0.3, 0.4) is 0 Å². The average molecular weight is 357 g/mol. The lowest BCUT2D eigenvalue weighted by Crippen LogP contribution is -2.48. The van der Waals surface area contributed by atoms with Gasteiger partial charge in [-0.1, -0.05) is 0 Å². The summed E-state index contributed by atoms with van der Waals surface area (Å²) in [4.78, 5) is 41.7. The zero-order valence-electron chi connectivity index (χ0n) is 14.8. The monoisotopic (exact) mass is 357 g/mol. The minimum atomic E-state index is -0.431. The Morgan fingerprint density at radius 1 is 1.15 bits per heavy atom. The molecule has 2 N–H and O–H groups in total. The predicted octanol–water partition coefficient (Wildman–Crippen LogP) is -0.139. The summed E-state index contributed by atoms with van der Waals surface area (Å²) in [5.41, 5.74) is 1.16. The molecular weight excluding hydrogens is 334 g/mol. The van der Waals surface area contributed by atoms with Gasteiger partial charge in [0.1, 0.15) is 6.54 Å². The minimum absolute atomic E-state index is 0.0120. The van der Waals surface area contributed by atoms with Gasteiger partial charge in [0.05, 0.1) is 0 Å². The fourth-order valence-corrected chi connectivity index (χ4v) is 4.01. The van der Waals surface area contributed by atoms with Crippen molar-refractivity contribution in [1.29, 1.82) is 0 Å². The third kappa shape index (κ3) is 3.30. The molecule has 0 unspecified atom stereocenters. The number of nitrogens with zero attached hydrogens (tertiary/aromatic N) is 3. The minimum Gasteiger partial charge on any atom is -0.348 e. The van der Waals surface area contributed by atoms with Crippen molar-refractivity contribution in [2.45, 2.75) is 18.5 Å². The van der Waals surface area contributed by atoms with Gasteiger partial charge in [-0.2, -0.15) is 0 Å². The zero-order chi connectivity index (χ0) is 18.3. The molecule has 0 spiro atoms. The Labute approximate surface area is 152 Å². The molecule has 1 aromatic rings. The topological polar surface area (TPSA) is 85.0 Å². The van der Waals surface area contributed by atoms with Gasteiger partial charge < -0.3 is 10.2 Å². The number of carbonyl (C=O) groups excluding carboxylic acids is 3. The number of imide groups is 1. The van der Waals surface area contributed by atoms with Gasteiger partial charge >= 0.3 is 6.03 Å². The lowest BCUT2D eigenvalue weighted by Gasteiger charge is -2.34. The van der Waals surface area contributed by atoms with Crippen molar-refractivity contribution in [3.8, 4) is 0 Å². The van der Waals surface area contributed by atoms with Crippen LogP contribution in [0.25, 0.3) is 0 Å². The summed E-state index contributed by atoms with van der Waals surface area (Å²) in [5, 5.41) is 5.36. The number of nitrogens with one attached hydrogen (secondary N) is 2. The molecule has 0 aromatic heterocycles. The fraction of sp³-hybridized carbons (Fsp3) is 0.500. The van der Waals surface area contributed by atoms with Gasteiger partial charge in [0.15, 0.2) is 0 Å². The first kappa shape index (κ1) is 17.0. The van der Waals surface area contributed by atoms with Gasteiger partial charge in [-0.05, 0) is 37.7 Å². The highest BCUT2D eigenvalue weighted by Crippen LogP contribution is 2.22.